The zero-order chi connectivity index (χ0) is 12.5. The summed E-state index contributed by atoms with van der Waals surface area (Å²) in [6, 6.07) is 0.544. The normalized spacial score (nSPS) is 31.9. The molecule has 1 saturated carbocycles. The number of aromatic nitrogens is 2. The topological polar surface area (TPSA) is 88.2 Å². The molecule has 1 aromatic heterocycles. The van der Waals surface area contributed by atoms with Crippen molar-refractivity contribution in [3.63, 3.8) is 0 Å². The first-order valence-electron chi connectivity index (χ1n) is 6.57. The van der Waals surface area contributed by atoms with Crippen molar-refractivity contribution in [2.75, 3.05) is 0 Å². The minimum Gasteiger partial charge on any atom is -0.475 e. The van der Waals surface area contributed by atoms with E-state index in [0.717, 1.165) is 18.8 Å². The Balaban J connectivity index is 1.71. The van der Waals surface area contributed by atoms with Crippen LogP contribution >= 0.6 is 0 Å². The van der Waals surface area contributed by atoms with E-state index >= 15 is 0 Å². The summed E-state index contributed by atoms with van der Waals surface area (Å²) in [6.07, 6.45) is 7.20. The second kappa shape index (κ2) is 4.68. The standard InChI is InChI=1S/C12H17N3O3/c16-12(17)10-14-11(18-15-10)9-6-5-7-3-1-2-4-8(7)13-9/h7-9,13H,1-6H2,(H,16,17). The van der Waals surface area contributed by atoms with Crippen LogP contribution in [0.1, 0.15) is 61.1 Å². The van der Waals surface area contributed by atoms with E-state index in [0.29, 0.717) is 11.9 Å². The van der Waals surface area contributed by atoms with Crippen LogP contribution in [-0.4, -0.2) is 27.3 Å². The van der Waals surface area contributed by atoms with Crippen LogP contribution in [0, 0.1) is 5.92 Å². The van der Waals surface area contributed by atoms with Gasteiger partial charge in [-0.15, -0.1) is 0 Å². The highest BCUT2D eigenvalue weighted by Gasteiger charge is 2.34. The van der Waals surface area contributed by atoms with Crippen LogP contribution < -0.4 is 5.32 Å². The molecule has 6 heteroatoms. The molecule has 1 saturated heterocycles. The van der Waals surface area contributed by atoms with E-state index < -0.39 is 5.97 Å². The van der Waals surface area contributed by atoms with Gasteiger partial charge in [0.2, 0.25) is 5.89 Å². The number of carboxylic acid groups (broad SMARTS) is 1. The highest BCUT2D eigenvalue weighted by atomic mass is 16.5. The molecule has 3 atom stereocenters. The van der Waals surface area contributed by atoms with Gasteiger partial charge in [0.05, 0.1) is 6.04 Å². The number of piperidine rings is 1. The molecule has 3 rings (SSSR count). The van der Waals surface area contributed by atoms with Crippen LogP contribution in [0.4, 0.5) is 0 Å². The van der Waals surface area contributed by atoms with Crippen LogP contribution in [0.2, 0.25) is 0 Å². The summed E-state index contributed by atoms with van der Waals surface area (Å²) >= 11 is 0. The Morgan fingerprint density at radius 2 is 2.11 bits per heavy atom. The van der Waals surface area contributed by atoms with Gasteiger partial charge >= 0.3 is 5.97 Å². The fourth-order valence-electron chi connectivity index (χ4n) is 3.15. The summed E-state index contributed by atoms with van der Waals surface area (Å²) in [5.41, 5.74) is 0. The van der Waals surface area contributed by atoms with Crippen LogP contribution in [0.25, 0.3) is 0 Å². The first kappa shape index (κ1) is 11.6. The second-order valence-electron chi connectivity index (χ2n) is 5.21. The summed E-state index contributed by atoms with van der Waals surface area (Å²) in [7, 11) is 0. The molecule has 3 unspecified atom stereocenters. The monoisotopic (exact) mass is 251 g/mol. The average Bonchev–Trinajstić information content (AvgIpc) is 2.88. The van der Waals surface area contributed by atoms with Crippen LogP contribution in [0.5, 0.6) is 0 Å². The minimum atomic E-state index is -1.14. The second-order valence-corrected chi connectivity index (χ2v) is 5.21. The fourth-order valence-corrected chi connectivity index (χ4v) is 3.15. The number of nitrogens with one attached hydrogen (secondary N) is 1. The molecule has 2 aliphatic rings. The summed E-state index contributed by atoms with van der Waals surface area (Å²) in [5.74, 6) is -0.220. The van der Waals surface area contributed by atoms with Gasteiger partial charge in [0.1, 0.15) is 0 Å². The third-order valence-corrected chi connectivity index (χ3v) is 4.08. The molecule has 1 aliphatic heterocycles. The maximum absolute atomic E-state index is 10.7. The molecule has 2 fully saturated rings. The minimum absolute atomic E-state index is 0.0185. The largest absolute Gasteiger partial charge is 0.475 e. The van der Waals surface area contributed by atoms with Gasteiger partial charge in [-0.1, -0.05) is 12.8 Å². The van der Waals surface area contributed by atoms with E-state index in [9.17, 15) is 4.79 Å². The fraction of sp³-hybridized carbons (Fsp3) is 0.750. The molecule has 1 aliphatic carbocycles. The molecule has 0 bridgehead atoms. The SMILES string of the molecule is O=C(O)c1noc(C2CCC3CCCCC3N2)n1. The first-order chi connectivity index (χ1) is 8.74. The molecule has 0 spiro atoms. The lowest BCUT2D eigenvalue weighted by molar-refractivity contribution is 0.0680. The Bertz CT molecular complexity index is 446. The Morgan fingerprint density at radius 1 is 1.28 bits per heavy atom. The van der Waals surface area contributed by atoms with Crippen molar-refractivity contribution in [2.24, 2.45) is 5.92 Å². The van der Waals surface area contributed by atoms with Crippen molar-refractivity contribution in [3.8, 4) is 0 Å². The van der Waals surface area contributed by atoms with Gasteiger partial charge in [-0.3, -0.25) is 0 Å². The lowest BCUT2D eigenvalue weighted by atomic mass is 9.78. The van der Waals surface area contributed by atoms with Crippen LogP contribution in [-0.2, 0) is 0 Å². The molecule has 0 aromatic carbocycles. The number of nitrogens with zero attached hydrogens (tertiary/aromatic N) is 2. The zero-order valence-corrected chi connectivity index (χ0v) is 10.1. The van der Waals surface area contributed by atoms with Crippen molar-refractivity contribution in [1.82, 2.24) is 15.5 Å². The van der Waals surface area contributed by atoms with Gasteiger partial charge in [0.15, 0.2) is 0 Å². The Kier molecular flexibility index (Phi) is 3.03. The van der Waals surface area contributed by atoms with Gasteiger partial charge in [-0.25, -0.2) is 4.79 Å². The van der Waals surface area contributed by atoms with Crippen molar-refractivity contribution < 1.29 is 14.4 Å². The summed E-state index contributed by atoms with van der Waals surface area (Å²) in [5, 5.41) is 15.8. The lowest BCUT2D eigenvalue weighted by Gasteiger charge is -2.39. The number of fused-ring (bicyclic) bond motifs is 1. The van der Waals surface area contributed by atoms with E-state index in [-0.39, 0.29) is 11.9 Å². The summed E-state index contributed by atoms with van der Waals surface area (Å²) in [6.45, 7) is 0. The maximum Gasteiger partial charge on any atom is 0.377 e. The first-order valence-corrected chi connectivity index (χ1v) is 6.57. The maximum atomic E-state index is 10.7. The van der Waals surface area contributed by atoms with Gasteiger partial charge in [-0.05, 0) is 36.8 Å². The number of aromatic carboxylic acids is 1. The number of carboxylic acids is 1. The van der Waals surface area contributed by atoms with Gasteiger partial charge < -0.3 is 14.9 Å². The Morgan fingerprint density at radius 3 is 2.89 bits per heavy atom. The van der Waals surface area contributed by atoms with Crippen LogP contribution in [0.3, 0.4) is 0 Å². The summed E-state index contributed by atoms with van der Waals surface area (Å²) < 4.78 is 5.04. The van der Waals surface area contributed by atoms with E-state index in [1.165, 1.54) is 25.7 Å². The molecule has 0 radical (unpaired) electrons. The van der Waals surface area contributed by atoms with E-state index in [2.05, 4.69) is 15.5 Å². The predicted octanol–water partition coefficient (Wildman–Crippen LogP) is 1.75. The molecule has 18 heavy (non-hydrogen) atoms. The molecular formula is C12H17N3O3. The number of carbonyl (C=O) groups is 1. The van der Waals surface area contributed by atoms with Gasteiger partial charge in [0, 0.05) is 6.04 Å². The molecule has 1 aromatic rings. The van der Waals surface area contributed by atoms with Crippen molar-refractivity contribution in [2.45, 2.75) is 50.6 Å². The lowest BCUT2D eigenvalue weighted by Crippen LogP contribution is -2.44. The zero-order valence-electron chi connectivity index (χ0n) is 10.1. The van der Waals surface area contributed by atoms with E-state index in [1.54, 1.807) is 0 Å². The third kappa shape index (κ3) is 2.12. The smallest absolute Gasteiger partial charge is 0.377 e. The van der Waals surface area contributed by atoms with Gasteiger partial charge in [-0.2, -0.15) is 4.98 Å². The third-order valence-electron chi connectivity index (χ3n) is 4.08. The highest BCUT2D eigenvalue weighted by molar-refractivity contribution is 5.82. The number of rotatable bonds is 2. The summed E-state index contributed by atoms with van der Waals surface area (Å²) in [4.78, 5) is 14.7. The number of hydrogen-bond acceptors (Lipinski definition) is 5. The Labute approximate surface area is 105 Å². The Hall–Kier alpha value is -1.43. The van der Waals surface area contributed by atoms with Crippen molar-refractivity contribution in [1.29, 1.82) is 0 Å². The molecule has 98 valence electrons. The van der Waals surface area contributed by atoms with Crippen LogP contribution in [0.15, 0.2) is 4.52 Å². The average molecular weight is 251 g/mol. The van der Waals surface area contributed by atoms with Gasteiger partial charge in [0.25, 0.3) is 5.82 Å². The highest BCUT2D eigenvalue weighted by Crippen LogP contribution is 2.36. The molecule has 2 N–H and O–H groups in total. The molecule has 2 heterocycles. The van der Waals surface area contributed by atoms with Crippen molar-refractivity contribution in [3.05, 3.63) is 11.7 Å². The quantitative estimate of drug-likeness (QED) is 0.832. The van der Waals surface area contributed by atoms with Crippen molar-refractivity contribution >= 4 is 5.97 Å². The molecule has 6 nitrogen and oxygen atoms in total. The predicted molar refractivity (Wildman–Crippen MR) is 62.1 cm³/mol. The molecular weight excluding hydrogens is 234 g/mol. The van der Waals surface area contributed by atoms with E-state index in [1.807, 2.05) is 0 Å². The number of hydrogen-bond donors (Lipinski definition) is 2. The molecule has 0 amide bonds. The van der Waals surface area contributed by atoms with E-state index in [4.69, 9.17) is 9.63 Å².